The molecule has 2 atom stereocenters. The van der Waals surface area contributed by atoms with Crippen LogP contribution in [0.3, 0.4) is 0 Å². The summed E-state index contributed by atoms with van der Waals surface area (Å²) in [5, 5.41) is 15.6. The third-order valence-corrected chi connectivity index (χ3v) is 2.02. The van der Waals surface area contributed by atoms with E-state index in [9.17, 15) is 5.11 Å². The van der Waals surface area contributed by atoms with Crippen LogP contribution in [-0.4, -0.2) is 36.4 Å². The lowest BCUT2D eigenvalue weighted by molar-refractivity contribution is 0.171. The van der Waals surface area contributed by atoms with Crippen molar-refractivity contribution in [1.82, 2.24) is 10.6 Å². The van der Waals surface area contributed by atoms with Crippen LogP contribution in [-0.2, 0) is 0 Å². The number of fused-ring (bicyclic) bond motifs is 2. The second-order valence-corrected chi connectivity index (χ2v) is 2.52. The van der Waals surface area contributed by atoms with Gasteiger partial charge < -0.3 is 15.7 Å². The molecular weight excluding hydrogens is 104 g/mol. The maximum absolute atomic E-state index is 9.20. The van der Waals surface area contributed by atoms with Crippen LogP contribution in [0.25, 0.3) is 0 Å². The van der Waals surface area contributed by atoms with Crippen molar-refractivity contribution >= 4 is 0 Å². The zero-order valence-electron chi connectivity index (χ0n) is 4.59. The minimum Gasteiger partial charge on any atom is -0.390 e. The highest BCUT2D eigenvalue weighted by molar-refractivity contribution is 5.02. The Balaban J connectivity index is 2.16. The Kier molecular flexibility index (Phi) is 0.848. The van der Waals surface area contributed by atoms with Crippen LogP contribution in [0, 0.1) is 0 Å². The SMILES string of the molecule is OC1C2CNC1CN2. The molecule has 2 fully saturated rings. The average molecular weight is 114 g/mol. The van der Waals surface area contributed by atoms with Gasteiger partial charge in [-0.05, 0) is 0 Å². The third kappa shape index (κ3) is 0.438. The number of rotatable bonds is 0. The van der Waals surface area contributed by atoms with Gasteiger partial charge >= 0.3 is 0 Å². The Labute approximate surface area is 48.1 Å². The van der Waals surface area contributed by atoms with E-state index in [1.165, 1.54) is 0 Å². The van der Waals surface area contributed by atoms with Crippen molar-refractivity contribution in [2.24, 2.45) is 0 Å². The summed E-state index contributed by atoms with van der Waals surface area (Å²) in [6, 6.07) is 0.667. The topological polar surface area (TPSA) is 44.3 Å². The number of piperazine rings is 1. The smallest absolute Gasteiger partial charge is 0.0870 e. The molecule has 3 heteroatoms. The summed E-state index contributed by atoms with van der Waals surface area (Å²) in [5.74, 6) is 0. The molecule has 46 valence electrons. The molecule has 2 saturated heterocycles. The number of aliphatic hydroxyl groups excluding tert-OH is 1. The second kappa shape index (κ2) is 1.43. The maximum atomic E-state index is 9.20. The fourth-order valence-electron chi connectivity index (χ4n) is 1.46. The molecule has 2 bridgehead atoms. The minimum absolute atomic E-state index is 0.130. The molecule has 0 aromatic carbocycles. The van der Waals surface area contributed by atoms with Crippen LogP contribution in [0.4, 0.5) is 0 Å². The Morgan fingerprint density at radius 3 is 1.75 bits per heavy atom. The molecule has 3 N–H and O–H groups in total. The van der Waals surface area contributed by atoms with Gasteiger partial charge in [-0.15, -0.1) is 0 Å². The van der Waals surface area contributed by atoms with Gasteiger partial charge in [0.05, 0.1) is 6.10 Å². The first-order valence-electron chi connectivity index (χ1n) is 3.03. The lowest BCUT2D eigenvalue weighted by Crippen LogP contribution is -2.39. The van der Waals surface area contributed by atoms with E-state index in [1.807, 2.05) is 0 Å². The molecule has 2 rings (SSSR count). The molecule has 0 spiro atoms. The molecule has 0 radical (unpaired) electrons. The van der Waals surface area contributed by atoms with Gasteiger partial charge in [-0.25, -0.2) is 0 Å². The molecule has 0 aromatic rings. The standard InChI is InChI=1S/C5H10N2O/c8-5-3-1-6-4(5)2-7-3/h3-8H,1-2H2. The molecule has 0 amide bonds. The van der Waals surface area contributed by atoms with Crippen molar-refractivity contribution in [3.63, 3.8) is 0 Å². The first-order valence-corrected chi connectivity index (χ1v) is 3.03. The van der Waals surface area contributed by atoms with Crippen molar-refractivity contribution in [1.29, 1.82) is 0 Å². The number of aliphatic hydroxyl groups is 1. The van der Waals surface area contributed by atoms with Crippen molar-refractivity contribution in [3.05, 3.63) is 0 Å². The van der Waals surface area contributed by atoms with Gasteiger partial charge in [0.2, 0.25) is 0 Å². The summed E-state index contributed by atoms with van der Waals surface area (Å²) < 4.78 is 0. The van der Waals surface area contributed by atoms with E-state index < -0.39 is 0 Å². The van der Waals surface area contributed by atoms with Gasteiger partial charge in [0, 0.05) is 25.2 Å². The fraction of sp³-hybridized carbons (Fsp3) is 1.00. The minimum atomic E-state index is -0.130. The van der Waals surface area contributed by atoms with Gasteiger partial charge in [-0.1, -0.05) is 0 Å². The Morgan fingerprint density at radius 2 is 1.62 bits per heavy atom. The Hall–Kier alpha value is -0.120. The van der Waals surface area contributed by atoms with E-state index in [1.54, 1.807) is 0 Å². The van der Waals surface area contributed by atoms with Crippen LogP contribution in [0.5, 0.6) is 0 Å². The van der Waals surface area contributed by atoms with Gasteiger partial charge in [0.25, 0.3) is 0 Å². The van der Waals surface area contributed by atoms with E-state index in [0.717, 1.165) is 13.1 Å². The highest BCUT2D eigenvalue weighted by atomic mass is 16.3. The maximum Gasteiger partial charge on any atom is 0.0870 e. The van der Waals surface area contributed by atoms with Gasteiger partial charge in [0.1, 0.15) is 0 Å². The van der Waals surface area contributed by atoms with E-state index in [-0.39, 0.29) is 6.10 Å². The monoisotopic (exact) mass is 114 g/mol. The predicted octanol–water partition coefficient (Wildman–Crippen LogP) is -1.71. The summed E-state index contributed by atoms with van der Waals surface area (Å²) in [6.07, 6.45) is -0.130. The highest BCUT2D eigenvalue weighted by Crippen LogP contribution is 2.13. The summed E-state index contributed by atoms with van der Waals surface area (Å²) in [6.45, 7) is 1.87. The van der Waals surface area contributed by atoms with E-state index in [0.29, 0.717) is 12.1 Å². The van der Waals surface area contributed by atoms with Gasteiger partial charge in [-0.2, -0.15) is 0 Å². The Morgan fingerprint density at radius 1 is 1.12 bits per heavy atom. The van der Waals surface area contributed by atoms with Crippen LogP contribution in [0.15, 0.2) is 0 Å². The summed E-state index contributed by atoms with van der Waals surface area (Å²) in [4.78, 5) is 0. The van der Waals surface area contributed by atoms with Crippen molar-refractivity contribution in [2.45, 2.75) is 18.2 Å². The van der Waals surface area contributed by atoms with Crippen LogP contribution < -0.4 is 10.6 Å². The average Bonchev–Trinajstić information content (AvgIpc) is 2.29. The lowest BCUT2D eigenvalue weighted by atomic mass is 10.2. The van der Waals surface area contributed by atoms with Gasteiger partial charge in [0.15, 0.2) is 0 Å². The molecule has 2 aliphatic rings. The first-order chi connectivity index (χ1) is 3.88. The predicted molar refractivity (Wildman–Crippen MR) is 29.6 cm³/mol. The molecular formula is C5H10N2O. The molecule has 0 saturated carbocycles. The van der Waals surface area contributed by atoms with E-state index >= 15 is 0 Å². The molecule has 3 nitrogen and oxygen atoms in total. The molecule has 8 heavy (non-hydrogen) atoms. The fourth-order valence-corrected chi connectivity index (χ4v) is 1.46. The summed E-state index contributed by atoms with van der Waals surface area (Å²) in [5.41, 5.74) is 0. The van der Waals surface area contributed by atoms with Crippen LogP contribution in [0.2, 0.25) is 0 Å². The number of nitrogens with one attached hydrogen (secondary N) is 2. The zero-order chi connectivity index (χ0) is 5.56. The van der Waals surface area contributed by atoms with Crippen LogP contribution in [0.1, 0.15) is 0 Å². The summed E-state index contributed by atoms with van der Waals surface area (Å²) >= 11 is 0. The molecule has 2 unspecified atom stereocenters. The van der Waals surface area contributed by atoms with Crippen LogP contribution >= 0.6 is 0 Å². The third-order valence-electron chi connectivity index (χ3n) is 2.02. The molecule has 2 aliphatic heterocycles. The normalized spacial score (nSPS) is 52.9. The van der Waals surface area contributed by atoms with Gasteiger partial charge in [-0.3, -0.25) is 0 Å². The largest absolute Gasteiger partial charge is 0.390 e. The van der Waals surface area contributed by atoms with Crippen molar-refractivity contribution < 1.29 is 5.11 Å². The second-order valence-electron chi connectivity index (χ2n) is 2.52. The highest BCUT2D eigenvalue weighted by Gasteiger charge is 2.39. The molecule has 0 aliphatic carbocycles. The quantitative estimate of drug-likeness (QED) is 0.351. The van der Waals surface area contributed by atoms with Crippen molar-refractivity contribution in [2.75, 3.05) is 13.1 Å². The van der Waals surface area contributed by atoms with Crippen molar-refractivity contribution in [3.8, 4) is 0 Å². The Bertz CT molecular complexity index is 86.6. The van der Waals surface area contributed by atoms with E-state index in [2.05, 4.69) is 10.6 Å². The number of hydrogen-bond donors (Lipinski definition) is 3. The number of hydrogen-bond acceptors (Lipinski definition) is 3. The van der Waals surface area contributed by atoms with E-state index in [4.69, 9.17) is 0 Å². The zero-order valence-corrected chi connectivity index (χ0v) is 4.59. The lowest BCUT2D eigenvalue weighted by Gasteiger charge is -2.09. The molecule has 0 aromatic heterocycles. The molecule has 2 heterocycles. The first kappa shape index (κ1) is 4.73. The summed E-state index contributed by atoms with van der Waals surface area (Å²) in [7, 11) is 0.